The third kappa shape index (κ3) is 6.13. The van der Waals surface area contributed by atoms with E-state index in [1.165, 1.54) is 10.4 Å². The van der Waals surface area contributed by atoms with Gasteiger partial charge >= 0.3 is 0 Å². The molecular weight excluding hydrogens is 340 g/mol. The molecule has 4 nitrogen and oxygen atoms in total. The van der Waals surface area contributed by atoms with E-state index in [2.05, 4.69) is 47.4 Å². The molecule has 0 aliphatic heterocycles. The summed E-state index contributed by atoms with van der Waals surface area (Å²) in [7, 11) is 0. The van der Waals surface area contributed by atoms with Gasteiger partial charge in [-0.25, -0.2) is 4.98 Å². The maximum atomic E-state index is 6.01. The van der Waals surface area contributed by atoms with E-state index in [1.54, 1.807) is 11.3 Å². The van der Waals surface area contributed by atoms with Crippen molar-refractivity contribution >= 4 is 28.9 Å². The predicted octanol–water partition coefficient (Wildman–Crippen LogP) is 3.75. The molecule has 0 spiro atoms. The summed E-state index contributed by atoms with van der Waals surface area (Å²) in [5.41, 5.74) is 2.35. The summed E-state index contributed by atoms with van der Waals surface area (Å²) >= 11 is 7.78. The van der Waals surface area contributed by atoms with Crippen LogP contribution in [0.3, 0.4) is 0 Å². The first-order valence-electron chi connectivity index (χ1n) is 8.28. The molecule has 0 atom stereocenters. The van der Waals surface area contributed by atoms with Gasteiger partial charge < -0.3 is 10.6 Å². The number of aliphatic imine (C=N–C) groups is 1. The molecule has 0 fully saturated rings. The Morgan fingerprint density at radius 2 is 2.08 bits per heavy atom. The van der Waals surface area contributed by atoms with Crippen LogP contribution in [-0.2, 0) is 12.8 Å². The van der Waals surface area contributed by atoms with Gasteiger partial charge in [0.15, 0.2) is 5.96 Å². The Balaban J connectivity index is 1.81. The van der Waals surface area contributed by atoms with E-state index in [4.69, 9.17) is 11.6 Å². The van der Waals surface area contributed by atoms with Crippen LogP contribution in [0.1, 0.15) is 28.1 Å². The molecule has 0 aliphatic carbocycles. The van der Waals surface area contributed by atoms with E-state index < -0.39 is 0 Å². The smallest absolute Gasteiger partial charge is 0.191 e. The van der Waals surface area contributed by atoms with Crippen LogP contribution in [0.4, 0.5) is 0 Å². The van der Waals surface area contributed by atoms with Crippen LogP contribution in [0.15, 0.2) is 29.3 Å². The summed E-state index contributed by atoms with van der Waals surface area (Å²) in [5.74, 6) is 0.851. The number of benzene rings is 1. The SMILES string of the molecule is CCNC(=NCCc1nc(C)c(C)s1)NCCc1cccc(Cl)c1. The minimum Gasteiger partial charge on any atom is -0.357 e. The number of nitrogens with zero attached hydrogens (tertiary/aromatic N) is 2. The Morgan fingerprint density at radius 3 is 2.75 bits per heavy atom. The number of guanidine groups is 1. The first kappa shape index (κ1) is 18.7. The highest BCUT2D eigenvalue weighted by Gasteiger charge is 2.03. The lowest BCUT2D eigenvalue weighted by Gasteiger charge is -2.11. The zero-order valence-electron chi connectivity index (χ0n) is 14.5. The Bertz CT molecular complexity index is 662. The van der Waals surface area contributed by atoms with Gasteiger partial charge in [-0.05, 0) is 44.9 Å². The minimum absolute atomic E-state index is 0.735. The van der Waals surface area contributed by atoms with Crippen LogP contribution in [-0.4, -0.2) is 30.6 Å². The van der Waals surface area contributed by atoms with Gasteiger partial charge in [0.05, 0.1) is 10.7 Å². The van der Waals surface area contributed by atoms with E-state index >= 15 is 0 Å². The number of rotatable bonds is 7. The van der Waals surface area contributed by atoms with Crippen LogP contribution in [0.25, 0.3) is 0 Å². The van der Waals surface area contributed by atoms with Gasteiger partial charge in [-0.2, -0.15) is 0 Å². The molecule has 0 amide bonds. The minimum atomic E-state index is 0.735. The third-order valence-corrected chi connectivity index (χ3v) is 4.98. The largest absolute Gasteiger partial charge is 0.357 e. The maximum absolute atomic E-state index is 6.01. The van der Waals surface area contributed by atoms with E-state index in [0.29, 0.717) is 0 Å². The van der Waals surface area contributed by atoms with Crippen LogP contribution < -0.4 is 10.6 Å². The van der Waals surface area contributed by atoms with Crippen LogP contribution in [0.5, 0.6) is 0 Å². The van der Waals surface area contributed by atoms with Crippen LogP contribution in [0, 0.1) is 13.8 Å². The zero-order chi connectivity index (χ0) is 17.4. The van der Waals surface area contributed by atoms with Crippen molar-refractivity contribution in [3.05, 3.63) is 50.4 Å². The van der Waals surface area contributed by atoms with E-state index in [9.17, 15) is 0 Å². The third-order valence-electron chi connectivity index (χ3n) is 3.61. The molecular formula is C18H25ClN4S. The Hall–Kier alpha value is -1.59. The highest BCUT2D eigenvalue weighted by Crippen LogP contribution is 2.16. The van der Waals surface area contributed by atoms with Crippen molar-refractivity contribution in [2.24, 2.45) is 4.99 Å². The van der Waals surface area contributed by atoms with Crippen molar-refractivity contribution in [1.82, 2.24) is 15.6 Å². The number of hydrogen-bond acceptors (Lipinski definition) is 3. The molecule has 1 aromatic carbocycles. The average molecular weight is 365 g/mol. The molecule has 2 rings (SSSR count). The van der Waals surface area contributed by atoms with Crippen molar-refractivity contribution < 1.29 is 0 Å². The van der Waals surface area contributed by atoms with Gasteiger partial charge in [-0.3, -0.25) is 4.99 Å². The molecule has 0 aliphatic rings. The molecule has 0 bridgehead atoms. The monoisotopic (exact) mass is 364 g/mol. The summed E-state index contributed by atoms with van der Waals surface area (Å²) in [6.07, 6.45) is 1.79. The number of aromatic nitrogens is 1. The van der Waals surface area contributed by atoms with Crippen molar-refractivity contribution in [3.8, 4) is 0 Å². The lowest BCUT2D eigenvalue weighted by atomic mass is 10.1. The number of aryl methyl sites for hydroxylation is 2. The van der Waals surface area contributed by atoms with Gasteiger partial charge in [0.2, 0.25) is 0 Å². The number of nitrogens with one attached hydrogen (secondary N) is 2. The fourth-order valence-corrected chi connectivity index (χ4v) is 3.40. The molecule has 0 radical (unpaired) electrons. The summed E-state index contributed by atoms with van der Waals surface area (Å²) < 4.78 is 0. The first-order chi connectivity index (χ1) is 11.6. The lowest BCUT2D eigenvalue weighted by molar-refractivity contribution is 0.796. The second kappa shape index (κ2) is 9.64. The molecule has 2 aromatic rings. The summed E-state index contributed by atoms with van der Waals surface area (Å²) in [4.78, 5) is 10.5. The van der Waals surface area contributed by atoms with Gasteiger partial charge in [0, 0.05) is 36.0 Å². The average Bonchev–Trinajstić information content (AvgIpc) is 2.86. The number of thiazole rings is 1. The Kier molecular flexibility index (Phi) is 7.53. The van der Waals surface area contributed by atoms with Crippen molar-refractivity contribution in [2.45, 2.75) is 33.6 Å². The predicted molar refractivity (Wildman–Crippen MR) is 104 cm³/mol. The molecule has 0 saturated carbocycles. The molecule has 130 valence electrons. The normalized spacial score (nSPS) is 11.6. The highest BCUT2D eigenvalue weighted by molar-refractivity contribution is 7.11. The number of hydrogen-bond donors (Lipinski definition) is 2. The van der Waals surface area contributed by atoms with Gasteiger partial charge in [-0.15, -0.1) is 11.3 Å². The van der Waals surface area contributed by atoms with Crippen LogP contribution in [0.2, 0.25) is 5.02 Å². The van der Waals surface area contributed by atoms with Crippen molar-refractivity contribution in [3.63, 3.8) is 0 Å². The standard InChI is InChI=1S/C18H25ClN4S/c1-4-20-18(21-10-8-15-6-5-7-16(19)12-15)22-11-9-17-23-13(2)14(3)24-17/h5-7,12H,4,8-11H2,1-3H3,(H2,20,21,22). The Morgan fingerprint density at radius 1 is 1.25 bits per heavy atom. The molecule has 0 saturated heterocycles. The van der Waals surface area contributed by atoms with Crippen molar-refractivity contribution in [1.29, 1.82) is 0 Å². The molecule has 0 unspecified atom stereocenters. The van der Waals surface area contributed by atoms with E-state index in [-0.39, 0.29) is 0 Å². The molecule has 24 heavy (non-hydrogen) atoms. The second-order valence-electron chi connectivity index (χ2n) is 5.57. The molecule has 1 heterocycles. The van der Waals surface area contributed by atoms with Gasteiger partial charge in [0.1, 0.15) is 0 Å². The summed E-state index contributed by atoms with van der Waals surface area (Å²) in [6, 6.07) is 7.96. The van der Waals surface area contributed by atoms with Gasteiger partial charge in [-0.1, -0.05) is 23.7 Å². The fraction of sp³-hybridized carbons (Fsp3) is 0.444. The van der Waals surface area contributed by atoms with Gasteiger partial charge in [0.25, 0.3) is 0 Å². The highest BCUT2D eigenvalue weighted by atomic mass is 35.5. The first-order valence-corrected chi connectivity index (χ1v) is 9.47. The summed E-state index contributed by atoms with van der Waals surface area (Å²) in [5, 5.41) is 8.58. The van der Waals surface area contributed by atoms with E-state index in [0.717, 1.165) is 54.2 Å². The quantitative estimate of drug-likeness (QED) is 0.581. The fourth-order valence-electron chi connectivity index (χ4n) is 2.27. The zero-order valence-corrected chi connectivity index (χ0v) is 16.1. The van der Waals surface area contributed by atoms with E-state index in [1.807, 2.05) is 18.2 Å². The molecule has 1 aromatic heterocycles. The Labute approximate surface area is 153 Å². The second-order valence-corrected chi connectivity index (χ2v) is 7.29. The molecule has 6 heteroatoms. The van der Waals surface area contributed by atoms with Crippen molar-refractivity contribution in [2.75, 3.05) is 19.6 Å². The lowest BCUT2D eigenvalue weighted by Crippen LogP contribution is -2.38. The maximum Gasteiger partial charge on any atom is 0.191 e. The summed E-state index contributed by atoms with van der Waals surface area (Å²) in [6.45, 7) is 8.64. The molecule has 2 N–H and O–H groups in total. The van der Waals surface area contributed by atoms with Crippen LogP contribution >= 0.6 is 22.9 Å². The number of halogens is 1. The topological polar surface area (TPSA) is 49.3 Å².